The maximum absolute atomic E-state index is 13.1. The molecule has 3 rings (SSSR count). The first kappa shape index (κ1) is 20.7. The number of rotatable bonds is 5. The third-order valence-electron chi connectivity index (χ3n) is 4.98. The highest BCUT2D eigenvalue weighted by Gasteiger charge is 2.41. The van der Waals surface area contributed by atoms with Crippen LogP contribution < -0.4 is 0 Å². The summed E-state index contributed by atoms with van der Waals surface area (Å²) in [6, 6.07) is 7.58. The molecule has 0 radical (unpaired) electrons. The lowest BCUT2D eigenvalue weighted by Gasteiger charge is -2.46. The van der Waals surface area contributed by atoms with Gasteiger partial charge in [-0.1, -0.05) is 38.1 Å². The Balaban J connectivity index is 1.74. The largest absolute Gasteiger partial charge is 0.355 e. The third-order valence-corrected chi connectivity index (χ3v) is 7.59. The molecule has 28 heavy (non-hydrogen) atoms. The highest BCUT2D eigenvalue weighted by atomic mass is 32.3. The lowest BCUT2D eigenvalue weighted by molar-refractivity contribution is 0.387. The zero-order valence-corrected chi connectivity index (χ0v) is 17.5. The van der Waals surface area contributed by atoms with Crippen molar-refractivity contribution in [2.75, 3.05) is 0 Å². The van der Waals surface area contributed by atoms with Crippen LogP contribution in [0, 0.1) is 5.82 Å². The van der Waals surface area contributed by atoms with Crippen LogP contribution in [0.15, 0.2) is 45.1 Å². The van der Waals surface area contributed by atoms with Gasteiger partial charge in [0.1, 0.15) is 11.5 Å². The Kier molecular flexibility index (Phi) is 5.24. The van der Waals surface area contributed by atoms with E-state index in [0.717, 1.165) is 5.69 Å². The van der Waals surface area contributed by atoms with Crippen molar-refractivity contribution in [3.8, 4) is 0 Å². The molecule has 0 atom stereocenters. The van der Waals surface area contributed by atoms with Gasteiger partial charge < -0.3 is 4.52 Å². The van der Waals surface area contributed by atoms with Gasteiger partial charge >= 0.3 is 0 Å². The second kappa shape index (κ2) is 7.09. The molecule has 1 aromatic heterocycles. The summed E-state index contributed by atoms with van der Waals surface area (Å²) in [5, 5.41) is 12.5. The Morgan fingerprint density at radius 2 is 1.71 bits per heavy atom. The van der Waals surface area contributed by atoms with Crippen molar-refractivity contribution in [1.29, 1.82) is 0 Å². The monoisotopic (exact) mass is 407 g/mol. The topological polar surface area (TPSA) is 91.2 Å². The molecular formula is C20H26FN3O3S. The maximum atomic E-state index is 13.1. The van der Waals surface area contributed by atoms with Gasteiger partial charge in [0.05, 0.1) is 21.9 Å². The van der Waals surface area contributed by atoms with Crippen molar-refractivity contribution in [2.45, 2.75) is 57.0 Å². The van der Waals surface area contributed by atoms with E-state index in [9.17, 15) is 13.5 Å². The molecule has 8 heteroatoms. The van der Waals surface area contributed by atoms with E-state index < -0.39 is 15.3 Å². The van der Waals surface area contributed by atoms with E-state index in [1.165, 1.54) is 12.1 Å². The second-order valence-corrected chi connectivity index (χ2v) is 11.2. The van der Waals surface area contributed by atoms with E-state index in [1.54, 1.807) is 26.0 Å². The summed E-state index contributed by atoms with van der Waals surface area (Å²) >= 11 is 0. The van der Waals surface area contributed by atoms with Gasteiger partial charge in [-0.3, -0.25) is 9.11 Å². The first-order chi connectivity index (χ1) is 12.9. The summed E-state index contributed by atoms with van der Waals surface area (Å²) in [6.07, 6.45) is 0.352. The Morgan fingerprint density at radius 3 is 2.29 bits per heavy atom. The number of benzene rings is 1. The van der Waals surface area contributed by atoms with Crippen LogP contribution in [0.5, 0.6) is 0 Å². The van der Waals surface area contributed by atoms with Crippen molar-refractivity contribution in [3.63, 3.8) is 0 Å². The summed E-state index contributed by atoms with van der Waals surface area (Å²) in [7, 11) is -3.11. The standard InChI is InChI=1S/C20H26FN3O3S/c1-19(2,3)17-11-16(27-24-17)15-10-18(23-22-15)20(4,5)28(25,26)12-13-6-8-14(21)9-7-13/h6-9,11,25-26H,10,12H2,1-5H3. The average molecular weight is 408 g/mol. The molecule has 152 valence electrons. The van der Waals surface area contributed by atoms with Crippen LogP contribution in [-0.2, 0) is 11.2 Å². The Morgan fingerprint density at radius 1 is 1.07 bits per heavy atom. The normalized spacial score (nSPS) is 16.1. The van der Waals surface area contributed by atoms with Crippen LogP contribution >= 0.6 is 10.6 Å². The summed E-state index contributed by atoms with van der Waals surface area (Å²) in [6.45, 7) is 9.61. The van der Waals surface area contributed by atoms with Crippen molar-refractivity contribution in [1.82, 2.24) is 5.16 Å². The first-order valence-corrected chi connectivity index (χ1v) is 10.7. The van der Waals surface area contributed by atoms with Crippen molar-refractivity contribution in [3.05, 3.63) is 53.2 Å². The van der Waals surface area contributed by atoms with Gasteiger partial charge in [-0.25, -0.2) is 4.39 Å². The molecular weight excluding hydrogens is 381 g/mol. The van der Waals surface area contributed by atoms with Crippen LogP contribution in [0.1, 0.15) is 58.1 Å². The van der Waals surface area contributed by atoms with E-state index in [-0.39, 0.29) is 17.0 Å². The predicted octanol–water partition coefficient (Wildman–Crippen LogP) is 5.39. The van der Waals surface area contributed by atoms with E-state index in [2.05, 4.69) is 15.4 Å². The number of hydrogen-bond donors (Lipinski definition) is 2. The summed E-state index contributed by atoms with van der Waals surface area (Å²) in [4.78, 5) is 0. The quantitative estimate of drug-likeness (QED) is 0.695. The van der Waals surface area contributed by atoms with Crippen molar-refractivity contribution < 1.29 is 18.0 Å². The Labute approximate surface area is 165 Å². The van der Waals surface area contributed by atoms with Gasteiger partial charge in [-0.05, 0) is 31.5 Å². The van der Waals surface area contributed by atoms with Gasteiger partial charge in [0, 0.05) is 17.9 Å². The fourth-order valence-electron chi connectivity index (χ4n) is 2.77. The zero-order chi connectivity index (χ0) is 20.7. The molecule has 2 N–H and O–H groups in total. The van der Waals surface area contributed by atoms with Crippen LogP contribution in [0.2, 0.25) is 0 Å². The molecule has 0 saturated heterocycles. The highest BCUT2D eigenvalue weighted by molar-refractivity contribution is 8.25. The van der Waals surface area contributed by atoms with Gasteiger partial charge in [0.25, 0.3) is 0 Å². The maximum Gasteiger partial charge on any atom is 0.183 e. The average Bonchev–Trinajstić information content (AvgIpc) is 3.25. The number of halogens is 1. The molecule has 6 nitrogen and oxygen atoms in total. The number of hydrogen-bond acceptors (Lipinski definition) is 6. The first-order valence-electron chi connectivity index (χ1n) is 9.01. The Hall–Kier alpha value is -2.03. The Bertz CT molecular complexity index is 925. The third kappa shape index (κ3) is 4.04. The van der Waals surface area contributed by atoms with E-state index >= 15 is 0 Å². The molecule has 2 aromatic rings. The molecule has 1 aliphatic heterocycles. The number of nitrogens with zero attached hydrogens (tertiary/aromatic N) is 3. The molecule has 0 spiro atoms. The van der Waals surface area contributed by atoms with Gasteiger partial charge in [0.15, 0.2) is 5.76 Å². The van der Waals surface area contributed by atoms with E-state index in [0.29, 0.717) is 29.2 Å². The smallest absolute Gasteiger partial charge is 0.183 e. The van der Waals surface area contributed by atoms with Crippen molar-refractivity contribution in [2.24, 2.45) is 10.2 Å². The van der Waals surface area contributed by atoms with E-state index in [4.69, 9.17) is 4.52 Å². The molecule has 0 saturated carbocycles. The van der Waals surface area contributed by atoms with Gasteiger partial charge in [0.2, 0.25) is 0 Å². The molecule has 0 bridgehead atoms. The van der Waals surface area contributed by atoms with Crippen LogP contribution in [0.25, 0.3) is 0 Å². The van der Waals surface area contributed by atoms with Crippen LogP contribution in [-0.4, -0.2) is 30.4 Å². The molecule has 0 aliphatic carbocycles. The predicted molar refractivity (Wildman–Crippen MR) is 111 cm³/mol. The summed E-state index contributed by atoms with van der Waals surface area (Å²) < 4.78 is 39.3. The van der Waals surface area contributed by atoms with Crippen LogP contribution in [0.4, 0.5) is 4.39 Å². The van der Waals surface area contributed by atoms with Gasteiger partial charge in [-0.2, -0.15) is 20.8 Å². The molecule has 2 heterocycles. The second-order valence-electron chi connectivity index (χ2n) is 8.54. The van der Waals surface area contributed by atoms with Crippen LogP contribution in [0.3, 0.4) is 0 Å². The minimum absolute atomic E-state index is 0.0190. The molecule has 1 aromatic carbocycles. The molecule has 1 aliphatic rings. The van der Waals surface area contributed by atoms with Gasteiger partial charge in [-0.15, -0.1) is 0 Å². The van der Waals surface area contributed by atoms with Crippen molar-refractivity contribution >= 4 is 22.0 Å². The minimum Gasteiger partial charge on any atom is -0.355 e. The molecule has 0 amide bonds. The molecule has 0 fully saturated rings. The lowest BCUT2D eigenvalue weighted by atomic mass is 9.92. The lowest BCUT2D eigenvalue weighted by Crippen LogP contribution is -2.38. The fraction of sp³-hybridized carbons (Fsp3) is 0.450. The highest BCUT2D eigenvalue weighted by Crippen LogP contribution is 2.56. The van der Waals surface area contributed by atoms with E-state index in [1.807, 2.05) is 26.8 Å². The summed E-state index contributed by atoms with van der Waals surface area (Å²) in [5.41, 5.74) is 2.51. The SMILES string of the molecule is CC(C)(C)c1cc(C2=NN=C(C(C)(C)S(O)(O)Cc3ccc(F)cc3)C2)on1. The summed E-state index contributed by atoms with van der Waals surface area (Å²) in [5.74, 6) is 0.194. The minimum atomic E-state index is -3.11. The zero-order valence-electron chi connectivity index (χ0n) is 16.7. The molecule has 0 unspecified atom stereocenters. The fourth-order valence-corrected chi connectivity index (χ4v) is 4.27. The number of aromatic nitrogens is 1.